The van der Waals surface area contributed by atoms with Crippen LogP contribution in [0.1, 0.15) is 29.8 Å². The molecule has 0 fully saturated rings. The second kappa shape index (κ2) is 6.32. The normalized spacial score (nSPS) is 12.0. The van der Waals surface area contributed by atoms with Crippen molar-refractivity contribution in [3.05, 3.63) is 56.5 Å². The molecule has 2 rings (SSSR count). The van der Waals surface area contributed by atoms with Gasteiger partial charge in [-0.15, -0.1) is 0 Å². The molecule has 1 amide bonds. The van der Waals surface area contributed by atoms with Crippen LogP contribution in [0.2, 0.25) is 5.02 Å². The fourth-order valence-electron chi connectivity index (χ4n) is 2.01. The van der Waals surface area contributed by atoms with E-state index in [-0.39, 0.29) is 11.5 Å². The Labute approximate surface area is 133 Å². The first-order chi connectivity index (χ1) is 10.3. The standard InChI is InChI=1S/C16H18ClN3O2/c1-9-8-15(21)20(19-11(9)3)12(4)16(22)18-14-7-5-6-13(17)10(14)2/h5-8,12H,1-4H3,(H,18,22). The van der Waals surface area contributed by atoms with E-state index in [1.165, 1.54) is 10.7 Å². The topological polar surface area (TPSA) is 64.0 Å². The average molecular weight is 320 g/mol. The first-order valence-electron chi connectivity index (χ1n) is 6.94. The zero-order valence-electron chi connectivity index (χ0n) is 13.0. The van der Waals surface area contributed by atoms with Gasteiger partial charge in [-0.2, -0.15) is 5.10 Å². The first kappa shape index (κ1) is 16.2. The predicted molar refractivity (Wildman–Crippen MR) is 87.5 cm³/mol. The molecule has 1 aromatic heterocycles. The summed E-state index contributed by atoms with van der Waals surface area (Å²) in [6.07, 6.45) is 0. The molecule has 22 heavy (non-hydrogen) atoms. The van der Waals surface area contributed by atoms with Crippen LogP contribution in [0.4, 0.5) is 5.69 Å². The van der Waals surface area contributed by atoms with Gasteiger partial charge in [0.25, 0.3) is 5.56 Å². The van der Waals surface area contributed by atoms with Crippen molar-refractivity contribution >= 4 is 23.2 Å². The minimum atomic E-state index is -0.717. The van der Waals surface area contributed by atoms with Crippen molar-refractivity contribution in [1.82, 2.24) is 9.78 Å². The number of halogens is 1. The SMILES string of the molecule is Cc1cc(=O)n(C(C)C(=O)Nc2cccc(Cl)c2C)nc1C. The van der Waals surface area contributed by atoms with E-state index in [1.54, 1.807) is 32.0 Å². The number of hydrogen-bond donors (Lipinski definition) is 1. The van der Waals surface area contributed by atoms with Crippen molar-refractivity contribution < 1.29 is 4.79 Å². The van der Waals surface area contributed by atoms with Gasteiger partial charge in [0.15, 0.2) is 0 Å². The molecule has 116 valence electrons. The van der Waals surface area contributed by atoms with Crippen LogP contribution in [0.3, 0.4) is 0 Å². The summed E-state index contributed by atoms with van der Waals surface area (Å²) in [6.45, 7) is 7.08. The Kier molecular flexibility index (Phi) is 4.66. The third-order valence-corrected chi connectivity index (χ3v) is 4.08. The van der Waals surface area contributed by atoms with Crippen LogP contribution in [0.15, 0.2) is 29.1 Å². The number of carbonyl (C=O) groups excluding carboxylic acids is 1. The van der Waals surface area contributed by atoms with Gasteiger partial charge >= 0.3 is 0 Å². The van der Waals surface area contributed by atoms with E-state index in [0.29, 0.717) is 10.7 Å². The highest BCUT2D eigenvalue weighted by Gasteiger charge is 2.19. The van der Waals surface area contributed by atoms with Crippen molar-refractivity contribution in [1.29, 1.82) is 0 Å². The van der Waals surface area contributed by atoms with Crippen molar-refractivity contribution in [3.63, 3.8) is 0 Å². The molecule has 0 saturated carbocycles. The quantitative estimate of drug-likeness (QED) is 0.945. The van der Waals surface area contributed by atoms with E-state index >= 15 is 0 Å². The predicted octanol–water partition coefficient (Wildman–Crippen LogP) is 3.02. The summed E-state index contributed by atoms with van der Waals surface area (Å²) in [5.74, 6) is -0.316. The van der Waals surface area contributed by atoms with Crippen LogP contribution in [-0.2, 0) is 4.79 Å². The Hall–Kier alpha value is -2.14. The van der Waals surface area contributed by atoms with Crippen LogP contribution in [-0.4, -0.2) is 15.7 Å². The molecule has 1 heterocycles. The summed E-state index contributed by atoms with van der Waals surface area (Å²) < 4.78 is 1.19. The van der Waals surface area contributed by atoms with Gasteiger partial charge in [0.1, 0.15) is 6.04 Å². The molecular weight excluding hydrogens is 302 g/mol. The maximum atomic E-state index is 12.4. The van der Waals surface area contributed by atoms with Gasteiger partial charge in [-0.25, -0.2) is 4.68 Å². The first-order valence-corrected chi connectivity index (χ1v) is 7.32. The van der Waals surface area contributed by atoms with E-state index in [4.69, 9.17) is 11.6 Å². The summed E-state index contributed by atoms with van der Waals surface area (Å²) in [5.41, 5.74) is 2.64. The molecule has 0 saturated heterocycles. The molecular formula is C16H18ClN3O2. The Balaban J connectivity index is 2.28. The molecule has 6 heteroatoms. The third kappa shape index (κ3) is 3.20. The van der Waals surface area contributed by atoms with E-state index in [9.17, 15) is 9.59 Å². The van der Waals surface area contributed by atoms with Crippen molar-refractivity contribution in [2.75, 3.05) is 5.32 Å². The van der Waals surface area contributed by atoms with Crippen LogP contribution < -0.4 is 10.9 Å². The third-order valence-electron chi connectivity index (χ3n) is 3.67. The zero-order valence-corrected chi connectivity index (χ0v) is 13.7. The average Bonchev–Trinajstić information content (AvgIpc) is 2.47. The summed E-state index contributed by atoms with van der Waals surface area (Å²) in [5, 5.41) is 7.56. The van der Waals surface area contributed by atoms with Crippen LogP contribution in [0, 0.1) is 20.8 Å². The van der Waals surface area contributed by atoms with Gasteiger partial charge < -0.3 is 5.32 Å². The largest absolute Gasteiger partial charge is 0.324 e. The maximum Gasteiger partial charge on any atom is 0.267 e. The van der Waals surface area contributed by atoms with Gasteiger partial charge in [0.05, 0.1) is 5.69 Å². The van der Waals surface area contributed by atoms with Crippen molar-refractivity contribution in [2.24, 2.45) is 0 Å². The summed E-state index contributed by atoms with van der Waals surface area (Å²) >= 11 is 6.04. The second-order valence-electron chi connectivity index (χ2n) is 5.27. The van der Waals surface area contributed by atoms with Gasteiger partial charge in [0, 0.05) is 16.8 Å². The number of benzene rings is 1. The van der Waals surface area contributed by atoms with E-state index in [1.807, 2.05) is 13.8 Å². The molecule has 2 aromatic rings. The summed E-state index contributed by atoms with van der Waals surface area (Å²) in [7, 11) is 0. The number of nitrogens with zero attached hydrogens (tertiary/aromatic N) is 2. The molecule has 0 aliphatic heterocycles. The zero-order chi connectivity index (χ0) is 16.4. The number of anilines is 1. The molecule has 1 aromatic carbocycles. The van der Waals surface area contributed by atoms with Crippen LogP contribution >= 0.6 is 11.6 Å². The monoisotopic (exact) mass is 319 g/mol. The molecule has 1 atom stereocenters. The highest BCUT2D eigenvalue weighted by Crippen LogP contribution is 2.23. The molecule has 1 N–H and O–H groups in total. The summed E-state index contributed by atoms with van der Waals surface area (Å²) in [6, 6.07) is 6.05. The Morgan fingerprint density at radius 3 is 2.68 bits per heavy atom. The Bertz CT molecular complexity index is 783. The molecule has 5 nitrogen and oxygen atoms in total. The highest BCUT2D eigenvalue weighted by molar-refractivity contribution is 6.31. The van der Waals surface area contributed by atoms with Crippen molar-refractivity contribution in [2.45, 2.75) is 33.7 Å². The van der Waals surface area contributed by atoms with Crippen LogP contribution in [0.5, 0.6) is 0 Å². The number of carbonyl (C=O) groups is 1. The lowest BCUT2D eigenvalue weighted by atomic mass is 10.2. The number of aromatic nitrogens is 2. The van der Waals surface area contributed by atoms with Gasteiger partial charge in [-0.3, -0.25) is 9.59 Å². The highest BCUT2D eigenvalue weighted by atomic mass is 35.5. The van der Waals surface area contributed by atoms with Gasteiger partial charge in [0.2, 0.25) is 5.91 Å². The van der Waals surface area contributed by atoms with E-state index in [2.05, 4.69) is 10.4 Å². The number of hydrogen-bond acceptors (Lipinski definition) is 3. The number of aryl methyl sites for hydroxylation is 2. The van der Waals surface area contributed by atoms with E-state index in [0.717, 1.165) is 16.8 Å². The minimum absolute atomic E-state index is 0.298. The Morgan fingerprint density at radius 2 is 2.00 bits per heavy atom. The molecule has 1 unspecified atom stereocenters. The number of amides is 1. The molecule has 0 aliphatic carbocycles. The lowest BCUT2D eigenvalue weighted by Gasteiger charge is -2.16. The van der Waals surface area contributed by atoms with E-state index < -0.39 is 6.04 Å². The number of rotatable bonds is 3. The molecule has 0 radical (unpaired) electrons. The molecule has 0 aliphatic rings. The smallest absolute Gasteiger partial charge is 0.267 e. The maximum absolute atomic E-state index is 12.4. The Morgan fingerprint density at radius 1 is 1.32 bits per heavy atom. The lowest BCUT2D eigenvalue weighted by Crippen LogP contribution is -2.34. The molecule has 0 bridgehead atoms. The van der Waals surface area contributed by atoms with Gasteiger partial charge in [-0.1, -0.05) is 17.7 Å². The van der Waals surface area contributed by atoms with Crippen molar-refractivity contribution in [3.8, 4) is 0 Å². The number of nitrogens with one attached hydrogen (secondary N) is 1. The second-order valence-corrected chi connectivity index (χ2v) is 5.68. The fourth-order valence-corrected chi connectivity index (χ4v) is 2.19. The fraction of sp³-hybridized carbons (Fsp3) is 0.312. The minimum Gasteiger partial charge on any atom is -0.324 e. The van der Waals surface area contributed by atoms with Gasteiger partial charge in [-0.05, 0) is 51.0 Å². The lowest BCUT2D eigenvalue weighted by molar-refractivity contribution is -0.119. The molecule has 0 spiro atoms. The van der Waals surface area contributed by atoms with Crippen LogP contribution in [0.25, 0.3) is 0 Å². The summed E-state index contributed by atoms with van der Waals surface area (Å²) in [4.78, 5) is 24.4.